The summed E-state index contributed by atoms with van der Waals surface area (Å²) in [4.78, 5) is 11.2. The molecule has 5 rings (SSSR count). The zero-order valence-corrected chi connectivity index (χ0v) is 18.6. The molecule has 0 spiro atoms. The average Bonchev–Trinajstić information content (AvgIpc) is 3.37. The summed E-state index contributed by atoms with van der Waals surface area (Å²) in [6.07, 6.45) is 5.25. The summed E-state index contributed by atoms with van der Waals surface area (Å²) in [6.45, 7) is 0. The van der Waals surface area contributed by atoms with Gasteiger partial charge >= 0.3 is 0 Å². The molecule has 0 saturated carbocycles. The predicted molar refractivity (Wildman–Crippen MR) is 123 cm³/mol. The summed E-state index contributed by atoms with van der Waals surface area (Å²) in [5.74, 6) is 4.66. The Hall–Kier alpha value is -1.85. The molecule has 3 aliphatic rings. The fourth-order valence-corrected chi connectivity index (χ4v) is 6.70. The van der Waals surface area contributed by atoms with Crippen LogP contribution in [0.5, 0.6) is 11.5 Å². The molecule has 2 aromatic carbocycles. The summed E-state index contributed by atoms with van der Waals surface area (Å²) < 4.78 is 11.9. The van der Waals surface area contributed by atoms with Gasteiger partial charge in [-0.05, 0) is 89.8 Å². The van der Waals surface area contributed by atoms with Crippen LogP contribution in [-0.2, 0) is 12.8 Å². The lowest BCUT2D eigenvalue weighted by atomic mass is 10.1. The first-order chi connectivity index (χ1) is 14.2. The van der Waals surface area contributed by atoms with Crippen LogP contribution in [-0.4, -0.2) is 31.5 Å². The molecule has 3 nitrogen and oxygen atoms in total. The van der Waals surface area contributed by atoms with Crippen molar-refractivity contribution in [3.8, 4) is 11.5 Å². The van der Waals surface area contributed by atoms with E-state index in [-0.39, 0.29) is 5.78 Å². The van der Waals surface area contributed by atoms with Crippen molar-refractivity contribution < 1.29 is 14.3 Å². The number of hydrogen-bond acceptors (Lipinski definition) is 5. The fourth-order valence-electron chi connectivity index (χ4n) is 3.97. The van der Waals surface area contributed by atoms with Gasteiger partial charge in [-0.25, -0.2) is 0 Å². The molecular weight excluding hydrogens is 400 g/mol. The Bertz CT molecular complexity index is 941. The van der Waals surface area contributed by atoms with Crippen molar-refractivity contribution in [3.63, 3.8) is 0 Å². The highest BCUT2D eigenvalue weighted by atomic mass is 32.2. The first kappa shape index (κ1) is 20.4. The molecule has 0 radical (unpaired) electrons. The van der Waals surface area contributed by atoms with Crippen molar-refractivity contribution in [2.45, 2.75) is 32.1 Å². The zero-order chi connectivity index (χ0) is 20.2. The van der Waals surface area contributed by atoms with Crippen LogP contribution in [0.15, 0.2) is 40.6 Å². The molecule has 1 fully saturated rings. The van der Waals surface area contributed by atoms with E-state index in [1.165, 1.54) is 41.9 Å². The summed E-state index contributed by atoms with van der Waals surface area (Å²) >= 11 is 4.09. The van der Waals surface area contributed by atoms with E-state index in [2.05, 4.69) is 18.2 Å². The lowest BCUT2D eigenvalue weighted by Gasteiger charge is -2.16. The number of ether oxygens (including phenoxy) is 2. The number of aryl methyl sites for hydroxylation is 2. The number of hydrogen-bond donors (Lipinski definition) is 0. The van der Waals surface area contributed by atoms with Crippen molar-refractivity contribution in [1.29, 1.82) is 0 Å². The molecule has 0 aromatic heterocycles. The fraction of sp³-hybridized carbons (Fsp3) is 0.375. The maximum atomic E-state index is 11.2. The largest absolute Gasteiger partial charge is 0.497 e. The number of fused-ring (bicyclic) bond motifs is 2. The van der Waals surface area contributed by atoms with Gasteiger partial charge in [-0.1, -0.05) is 6.07 Å². The molecule has 2 aliphatic carbocycles. The van der Waals surface area contributed by atoms with Crippen LogP contribution in [0.3, 0.4) is 0 Å². The number of thioether (sulfide) groups is 2. The molecule has 1 heterocycles. The Morgan fingerprint density at radius 1 is 0.759 bits per heavy atom. The Morgan fingerprint density at radius 2 is 1.34 bits per heavy atom. The molecule has 0 N–H and O–H groups in total. The molecule has 2 aromatic rings. The van der Waals surface area contributed by atoms with Crippen LogP contribution in [0, 0.1) is 0 Å². The highest BCUT2D eigenvalue weighted by Crippen LogP contribution is 2.46. The van der Waals surface area contributed by atoms with Crippen LogP contribution >= 0.6 is 23.5 Å². The summed E-state index contributed by atoms with van der Waals surface area (Å²) in [6, 6.07) is 12.1. The third kappa shape index (κ3) is 4.51. The average molecular weight is 427 g/mol. The molecule has 0 amide bonds. The van der Waals surface area contributed by atoms with Gasteiger partial charge in [-0.3, -0.25) is 4.79 Å². The number of carbonyl (C=O) groups excluding carboxylic acids is 1. The van der Waals surface area contributed by atoms with E-state index in [0.717, 1.165) is 29.0 Å². The van der Waals surface area contributed by atoms with Crippen molar-refractivity contribution in [3.05, 3.63) is 62.9 Å². The molecule has 1 saturated heterocycles. The minimum Gasteiger partial charge on any atom is -0.497 e. The van der Waals surface area contributed by atoms with Crippen LogP contribution in [0.25, 0.3) is 5.57 Å². The van der Waals surface area contributed by atoms with Gasteiger partial charge in [0.05, 0.1) is 14.2 Å². The second kappa shape index (κ2) is 9.31. The molecule has 0 bridgehead atoms. The maximum absolute atomic E-state index is 11.2. The lowest BCUT2D eigenvalue weighted by molar-refractivity contribution is 0.0994. The summed E-state index contributed by atoms with van der Waals surface area (Å²) in [5, 5.41) is 0. The monoisotopic (exact) mass is 426 g/mol. The Morgan fingerprint density at radius 3 is 2.00 bits per heavy atom. The first-order valence-electron chi connectivity index (χ1n) is 10.1. The van der Waals surface area contributed by atoms with Gasteiger partial charge in [0.1, 0.15) is 11.5 Å². The topological polar surface area (TPSA) is 35.5 Å². The van der Waals surface area contributed by atoms with Crippen molar-refractivity contribution in [2.24, 2.45) is 0 Å². The van der Waals surface area contributed by atoms with Crippen LogP contribution in [0.4, 0.5) is 0 Å². The number of benzene rings is 2. The van der Waals surface area contributed by atoms with Gasteiger partial charge in [0, 0.05) is 16.2 Å². The number of allylic oxidation sites excluding steroid dienone is 1. The SMILES string of the molecule is COc1ccc2c(c1)CCC2=C1SCCCS1.COc1ccc2c(c1)CCC2=O. The quantitative estimate of drug-likeness (QED) is 0.588. The normalized spacial score (nSPS) is 17.4. The second-order valence-corrected chi connectivity index (χ2v) is 9.75. The van der Waals surface area contributed by atoms with Gasteiger partial charge in [0.2, 0.25) is 0 Å². The smallest absolute Gasteiger partial charge is 0.163 e. The van der Waals surface area contributed by atoms with Crippen molar-refractivity contribution >= 4 is 34.9 Å². The van der Waals surface area contributed by atoms with E-state index in [0.29, 0.717) is 6.42 Å². The van der Waals surface area contributed by atoms with E-state index in [4.69, 9.17) is 9.47 Å². The van der Waals surface area contributed by atoms with Gasteiger partial charge in [-0.2, -0.15) is 0 Å². The molecule has 152 valence electrons. The molecule has 0 unspecified atom stereocenters. The van der Waals surface area contributed by atoms with Gasteiger partial charge in [0.15, 0.2) is 5.78 Å². The molecule has 5 heteroatoms. The van der Waals surface area contributed by atoms with E-state index in [9.17, 15) is 4.79 Å². The van der Waals surface area contributed by atoms with E-state index >= 15 is 0 Å². The second-order valence-electron chi connectivity index (χ2n) is 7.29. The van der Waals surface area contributed by atoms with Gasteiger partial charge in [-0.15, -0.1) is 23.5 Å². The van der Waals surface area contributed by atoms with Gasteiger partial charge < -0.3 is 9.47 Å². The molecule has 1 aliphatic heterocycles. The first-order valence-corrected chi connectivity index (χ1v) is 12.0. The number of Topliss-reactive ketones (excluding diaryl/α,β-unsaturated/α-hetero) is 1. The number of methoxy groups -OCH3 is 2. The van der Waals surface area contributed by atoms with Crippen molar-refractivity contribution in [1.82, 2.24) is 0 Å². The minimum atomic E-state index is 0.257. The predicted octanol–water partition coefficient (Wildman–Crippen LogP) is 6.00. The Balaban J connectivity index is 0.000000150. The number of ketones is 1. The number of carbonyl (C=O) groups is 1. The lowest BCUT2D eigenvalue weighted by Crippen LogP contribution is -1.94. The molecule has 29 heavy (non-hydrogen) atoms. The van der Waals surface area contributed by atoms with Crippen LogP contribution in [0.2, 0.25) is 0 Å². The third-order valence-corrected chi connectivity index (χ3v) is 8.23. The standard InChI is InChI=1S/C14H16OS2.C10H10O2/c1-15-11-4-6-12-10(9-11)3-5-13(12)14-16-7-2-8-17-14;1-12-8-3-4-9-7(6-8)2-5-10(9)11/h4,6,9H,2-3,5,7-8H2,1H3;3-4,6H,2,5H2,1H3. The third-order valence-electron chi connectivity index (χ3n) is 5.52. The number of rotatable bonds is 2. The van der Waals surface area contributed by atoms with E-state index < -0.39 is 0 Å². The Labute approximate surface area is 181 Å². The summed E-state index contributed by atoms with van der Waals surface area (Å²) in [5.41, 5.74) is 6.49. The Kier molecular flexibility index (Phi) is 6.56. The minimum absolute atomic E-state index is 0.257. The highest BCUT2D eigenvalue weighted by Gasteiger charge is 2.22. The summed E-state index contributed by atoms with van der Waals surface area (Å²) in [7, 11) is 3.38. The highest BCUT2D eigenvalue weighted by molar-refractivity contribution is 8.23. The maximum Gasteiger partial charge on any atom is 0.163 e. The van der Waals surface area contributed by atoms with E-state index in [1.807, 2.05) is 41.7 Å². The van der Waals surface area contributed by atoms with Crippen LogP contribution < -0.4 is 9.47 Å². The van der Waals surface area contributed by atoms with Crippen LogP contribution in [0.1, 0.15) is 46.3 Å². The molecular formula is C24H26O3S2. The van der Waals surface area contributed by atoms with Gasteiger partial charge in [0.25, 0.3) is 0 Å². The van der Waals surface area contributed by atoms with Crippen molar-refractivity contribution in [2.75, 3.05) is 25.7 Å². The zero-order valence-electron chi connectivity index (χ0n) is 17.0. The van der Waals surface area contributed by atoms with E-state index in [1.54, 1.807) is 24.0 Å². The molecule has 0 atom stereocenters.